The van der Waals surface area contributed by atoms with Crippen LogP contribution in [0.1, 0.15) is 12.5 Å². The van der Waals surface area contributed by atoms with Gasteiger partial charge in [0.2, 0.25) is 5.91 Å². The lowest BCUT2D eigenvalue weighted by Crippen LogP contribution is -2.48. The molecule has 0 aromatic heterocycles. The maximum atomic E-state index is 12.7. The monoisotopic (exact) mass is 358 g/mol. The summed E-state index contributed by atoms with van der Waals surface area (Å²) >= 11 is 0. The fourth-order valence-corrected chi connectivity index (χ4v) is 2.35. The summed E-state index contributed by atoms with van der Waals surface area (Å²) in [6.07, 6.45) is -4.16. The van der Waals surface area contributed by atoms with E-state index in [1.54, 1.807) is 18.2 Å². The van der Waals surface area contributed by atoms with Crippen molar-refractivity contribution in [2.24, 2.45) is 0 Å². The van der Waals surface area contributed by atoms with Crippen LogP contribution in [-0.2, 0) is 14.3 Å². The number of benzene rings is 1. The number of methoxy groups -OCH3 is 1. The van der Waals surface area contributed by atoms with Gasteiger partial charge in [-0.05, 0) is 30.7 Å². The first-order chi connectivity index (χ1) is 11.7. The molecular formula is C16H17F3N2O4. The van der Waals surface area contributed by atoms with Gasteiger partial charge in [-0.1, -0.05) is 6.07 Å². The van der Waals surface area contributed by atoms with Gasteiger partial charge in [0.25, 0.3) is 5.91 Å². The maximum absolute atomic E-state index is 12.7. The normalized spacial score (nSPS) is 16.6. The summed E-state index contributed by atoms with van der Waals surface area (Å²) in [5.41, 5.74) is 1.04. The molecule has 0 saturated carbocycles. The van der Waals surface area contributed by atoms with Crippen LogP contribution >= 0.6 is 0 Å². The largest absolute Gasteiger partial charge is 0.482 e. The molecule has 2 N–H and O–H groups in total. The molecule has 1 aromatic carbocycles. The molecule has 0 fully saturated rings. The minimum atomic E-state index is -4.58. The molecule has 2 atom stereocenters. The molecule has 2 unspecified atom stereocenters. The summed E-state index contributed by atoms with van der Waals surface area (Å²) in [6.45, 7) is 1.14. The number of fused-ring (bicyclic) bond motifs is 1. The van der Waals surface area contributed by atoms with Gasteiger partial charge >= 0.3 is 6.18 Å². The summed E-state index contributed by atoms with van der Waals surface area (Å²) in [4.78, 5) is 23.1. The number of amides is 2. The van der Waals surface area contributed by atoms with Crippen molar-refractivity contribution in [3.8, 4) is 5.75 Å². The van der Waals surface area contributed by atoms with E-state index < -0.39 is 24.2 Å². The standard InChI is InChI=1S/C16H17F3N2O4/c1-9(15(24-2)16(17,18)19)20-13(22)6-4-10-3-5-12-11(7-10)21-14(23)8-25-12/h3-7,9,15H,8H2,1-2H3,(H,20,22)(H,21,23)/b6-4+. The van der Waals surface area contributed by atoms with Crippen LogP contribution in [-0.4, -0.2) is 43.9 Å². The molecule has 2 amide bonds. The fourth-order valence-electron chi connectivity index (χ4n) is 2.35. The molecule has 9 heteroatoms. The number of anilines is 1. The molecule has 136 valence electrons. The molecule has 1 aromatic rings. The number of hydrogen-bond donors (Lipinski definition) is 2. The van der Waals surface area contributed by atoms with Crippen LogP contribution in [0.3, 0.4) is 0 Å². The van der Waals surface area contributed by atoms with Crippen molar-refractivity contribution < 1.29 is 32.2 Å². The number of carbonyl (C=O) groups excluding carboxylic acids is 2. The molecule has 6 nitrogen and oxygen atoms in total. The first-order valence-electron chi connectivity index (χ1n) is 7.35. The summed E-state index contributed by atoms with van der Waals surface area (Å²) in [5, 5.41) is 4.83. The average Bonchev–Trinajstić information content (AvgIpc) is 2.51. The third-order valence-electron chi connectivity index (χ3n) is 3.46. The number of rotatable bonds is 5. The van der Waals surface area contributed by atoms with Crippen LogP contribution in [0, 0.1) is 0 Å². The molecule has 2 rings (SSSR count). The van der Waals surface area contributed by atoms with E-state index in [4.69, 9.17) is 4.74 Å². The van der Waals surface area contributed by atoms with Crippen molar-refractivity contribution in [2.75, 3.05) is 19.0 Å². The Bertz CT molecular complexity index is 688. The molecule has 0 spiro atoms. The minimum Gasteiger partial charge on any atom is -0.482 e. The number of ether oxygens (including phenoxy) is 2. The minimum absolute atomic E-state index is 0.0671. The Morgan fingerprint density at radius 1 is 1.44 bits per heavy atom. The summed E-state index contributed by atoms with van der Waals surface area (Å²) in [7, 11) is 0.931. The quantitative estimate of drug-likeness (QED) is 0.791. The second-order valence-electron chi connectivity index (χ2n) is 5.42. The van der Waals surface area contributed by atoms with Crippen molar-refractivity contribution in [1.29, 1.82) is 0 Å². The van der Waals surface area contributed by atoms with Crippen LogP contribution in [0.4, 0.5) is 18.9 Å². The van der Waals surface area contributed by atoms with Crippen LogP contribution in [0.5, 0.6) is 5.75 Å². The van der Waals surface area contributed by atoms with E-state index in [2.05, 4.69) is 15.4 Å². The first kappa shape index (κ1) is 18.8. The third-order valence-corrected chi connectivity index (χ3v) is 3.46. The van der Waals surface area contributed by atoms with Crippen LogP contribution in [0.15, 0.2) is 24.3 Å². The van der Waals surface area contributed by atoms with Crippen molar-refractivity contribution in [3.63, 3.8) is 0 Å². The number of halogens is 3. The van der Waals surface area contributed by atoms with Gasteiger partial charge in [0.15, 0.2) is 12.7 Å². The predicted molar refractivity (Wildman–Crippen MR) is 84.1 cm³/mol. The van der Waals surface area contributed by atoms with Crippen molar-refractivity contribution in [2.45, 2.75) is 25.2 Å². The Balaban J connectivity index is 2.00. The first-order valence-corrected chi connectivity index (χ1v) is 7.35. The van der Waals surface area contributed by atoms with E-state index in [0.29, 0.717) is 17.0 Å². The summed E-state index contributed by atoms with van der Waals surface area (Å²) in [6, 6.07) is 3.61. The molecule has 25 heavy (non-hydrogen) atoms. The van der Waals surface area contributed by atoms with Crippen molar-refractivity contribution in [3.05, 3.63) is 29.8 Å². The highest BCUT2D eigenvalue weighted by Gasteiger charge is 2.43. The van der Waals surface area contributed by atoms with Gasteiger partial charge in [0.1, 0.15) is 5.75 Å². The third kappa shape index (κ3) is 4.96. The zero-order valence-electron chi connectivity index (χ0n) is 13.5. The summed E-state index contributed by atoms with van der Waals surface area (Å²) in [5.74, 6) is -0.488. The van der Waals surface area contributed by atoms with E-state index in [9.17, 15) is 22.8 Å². The van der Waals surface area contributed by atoms with E-state index in [1.807, 2.05) is 0 Å². The maximum Gasteiger partial charge on any atom is 0.416 e. The molecule has 1 aliphatic rings. The van der Waals surface area contributed by atoms with Gasteiger partial charge in [0.05, 0.1) is 11.7 Å². The number of nitrogens with one attached hydrogen (secondary N) is 2. The zero-order valence-corrected chi connectivity index (χ0v) is 13.5. The van der Waals surface area contributed by atoms with Crippen LogP contribution in [0.25, 0.3) is 6.08 Å². The second kappa shape index (κ2) is 7.56. The number of hydrogen-bond acceptors (Lipinski definition) is 4. The lowest BCUT2D eigenvalue weighted by atomic mass is 10.1. The van der Waals surface area contributed by atoms with E-state index in [1.165, 1.54) is 13.0 Å². The SMILES string of the molecule is COC(C(C)NC(=O)/C=C/c1ccc2c(c1)NC(=O)CO2)C(F)(F)F. The molecular weight excluding hydrogens is 341 g/mol. The summed E-state index contributed by atoms with van der Waals surface area (Å²) < 4.78 is 47.8. The average molecular weight is 358 g/mol. The Kier molecular flexibility index (Phi) is 5.68. The van der Waals surface area contributed by atoms with Gasteiger partial charge in [-0.15, -0.1) is 0 Å². The van der Waals surface area contributed by atoms with E-state index in [-0.39, 0.29) is 12.5 Å². The molecule has 0 bridgehead atoms. The molecule has 1 heterocycles. The topological polar surface area (TPSA) is 76.7 Å². The lowest BCUT2D eigenvalue weighted by Gasteiger charge is -2.25. The molecule has 1 aliphatic heterocycles. The molecule has 0 saturated heterocycles. The Morgan fingerprint density at radius 2 is 2.16 bits per heavy atom. The second-order valence-corrected chi connectivity index (χ2v) is 5.42. The Hall–Kier alpha value is -2.55. The molecule has 0 radical (unpaired) electrons. The van der Waals surface area contributed by atoms with Gasteiger partial charge in [0, 0.05) is 13.2 Å². The number of alkyl halides is 3. The molecule has 0 aliphatic carbocycles. The van der Waals surface area contributed by atoms with E-state index >= 15 is 0 Å². The van der Waals surface area contributed by atoms with Crippen LogP contribution < -0.4 is 15.4 Å². The zero-order chi connectivity index (χ0) is 18.6. The highest BCUT2D eigenvalue weighted by Crippen LogP contribution is 2.29. The smallest absolute Gasteiger partial charge is 0.416 e. The number of carbonyl (C=O) groups is 2. The highest BCUT2D eigenvalue weighted by atomic mass is 19.4. The van der Waals surface area contributed by atoms with Gasteiger partial charge in [-0.2, -0.15) is 13.2 Å². The van der Waals surface area contributed by atoms with Crippen molar-refractivity contribution >= 4 is 23.6 Å². The van der Waals surface area contributed by atoms with Gasteiger partial charge < -0.3 is 20.1 Å². The van der Waals surface area contributed by atoms with Gasteiger partial charge in [-0.25, -0.2) is 0 Å². The highest BCUT2D eigenvalue weighted by molar-refractivity contribution is 5.96. The lowest BCUT2D eigenvalue weighted by molar-refractivity contribution is -0.219. The van der Waals surface area contributed by atoms with Crippen molar-refractivity contribution in [1.82, 2.24) is 5.32 Å². The fraction of sp³-hybridized carbons (Fsp3) is 0.375. The Morgan fingerprint density at radius 3 is 2.80 bits per heavy atom. The predicted octanol–water partition coefficient (Wildman–Crippen LogP) is 2.11. The Labute approximate surface area is 142 Å². The van der Waals surface area contributed by atoms with Crippen LogP contribution in [0.2, 0.25) is 0 Å². The van der Waals surface area contributed by atoms with E-state index in [0.717, 1.165) is 13.2 Å². The van der Waals surface area contributed by atoms with Gasteiger partial charge in [-0.3, -0.25) is 9.59 Å².